The molecule has 31 heavy (non-hydrogen) atoms. The second-order valence-corrected chi connectivity index (χ2v) is 8.74. The molecule has 7 heteroatoms. The van der Waals surface area contributed by atoms with Crippen molar-refractivity contribution in [2.45, 2.75) is 50.8 Å². The van der Waals surface area contributed by atoms with E-state index in [1.54, 1.807) is 18.7 Å². The molecule has 1 atom stereocenters. The third kappa shape index (κ3) is 4.66. The molecule has 1 aromatic heterocycles. The number of hydrogen-bond acceptors (Lipinski definition) is 6. The smallest absolute Gasteiger partial charge is 0.227 e. The summed E-state index contributed by atoms with van der Waals surface area (Å²) in [7, 11) is 0. The summed E-state index contributed by atoms with van der Waals surface area (Å²) in [4.78, 5) is 17.3. The lowest BCUT2D eigenvalue weighted by molar-refractivity contribution is -0.114. The summed E-state index contributed by atoms with van der Waals surface area (Å²) in [6, 6.07) is 17.7. The van der Waals surface area contributed by atoms with Gasteiger partial charge in [0.25, 0.3) is 0 Å². The van der Waals surface area contributed by atoms with Crippen LogP contribution in [0, 0.1) is 0 Å². The van der Waals surface area contributed by atoms with E-state index in [-0.39, 0.29) is 17.9 Å². The fourth-order valence-electron chi connectivity index (χ4n) is 3.71. The van der Waals surface area contributed by atoms with Crippen molar-refractivity contribution in [2.24, 2.45) is 0 Å². The highest BCUT2D eigenvalue weighted by Gasteiger charge is 2.33. The first-order chi connectivity index (χ1) is 14.9. The van der Waals surface area contributed by atoms with Gasteiger partial charge in [0.05, 0.1) is 6.10 Å². The number of ether oxygens (including phenoxy) is 1. The number of nitrogens with one attached hydrogen (secondary N) is 1. The van der Waals surface area contributed by atoms with Crippen LogP contribution in [0.25, 0.3) is 0 Å². The molecule has 3 aromatic rings. The Balaban J connectivity index is 1.70. The Labute approximate surface area is 186 Å². The van der Waals surface area contributed by atoms with Gasteiger partial charge in [0.1, 0.15) is 11.8 Å². The molecule has 0 bridgehead atoms. The van der Waals surface area contributed by atoms with Crippen LogP contribution in [0.15, 0.2) is 71.0 Å². The van der Waals surface area contributed by atoms with E-state index < -0.39 is 0 Å². The predicted octanol–water partition coefficient (Wildman–Crippen LogP) is 5.24. The van der Waals surface area contributed by atoms with Crippen molar-refractivity contribution in [3.05, 3.63) is 77.0 Å². The fourth-order valence-corrected chi connectivity index (χ4v) is 4.49. The molecule has 1 aliphatic rings. The Morgan fingerprint density at radius 3 is 2.68 bits per heavy atom. The number of rotatable bonds is 7. The van der Waals surface area contributed by atoms with E-state index >= 15 is 0 Å². The molecule has 1 N–H and O–H groups in total. The Kier molecular flexibility index (Phi) is 6.13. The van der Waals surface area contributed by atoms with Crippen molar-refractivity contribution in [3.63, 3.8) is 0 Å². The Hall–Kier alpha value is -3.06. The minimum absolute atomic E-state index is 0.00446. The van der Waals surface area contributed by atoms with E-state index in [9.17, 15) is 4.79 Å². The number of benzene rings is 2. The number of carbonyl (C=O) groups excluding carboxylic acids is 1. The fraction of sp³-hybridized carbons (Fsp3) is 0.292. The van der Waals surface area contributed by atoms with E-state index in [4.69, 9.17) is 9.84 Å². The van der Waals surface area contributed by atoms with E-state index in [0.29, 0.717) is 16.7 Å². The molecule has 0 saturated carbocycles. The van der Waals surface area contributed by atoms with Gasteiger partial charge in [-0.05, 0) is 51.0 Å². The summed E-state index contributed by atoms with van der Waals surface area (Å²) >= 11 is 1.58. The summed E-state index contributed by atoms with van der Waals surface area (Å²) < 4.78 is 7.69. The molecular weight excluding hydrogens is 408 g/mol. The first-order valence-electron chi connectivity index (χ1n) is 10.3. The lowest BCUT2D eigenvalue weighted by Crippen LogP contribution is -2.27. The van der Waals surface area contributed by atoms with Gasteiger partial charge in [0, 0.05) is 17.0 Å². The van der Waals surface area contributed by atoms with Gasteiger partial charge in [-0.3, -0.25) is 4.79 Å². The molecule has 1 aliphatic heterocycles. The van der Waals surface area contributed by atoms with Crippen LogP contribution in [0.4, 0.5) is 5.95 Å². The van der Waals surface area contributed by atoms with Crippen LogP contribution in [0.5, 0.6) is 5.75 Å². The lowest BCUT2D eigenvalue weighted by Gasteiger charge is -2.28. The van der Waals surface area contributed by atoms with Crippen LogP contribution in [0.2, 0.25) is 0 Å². The summed E-state index contributed by atoms with van der Waals surface area (Å²) in [6.07, 6.45) is 0.0655. The molecule has 2 heterocycles. The summed E-state index contributed by atoms with van der Waals surface area (Å²) in [6.45, 7) is 7.49. The molecule has 0 radical (unpaired) electrons. The van der Waals surface area contributed by atoms with E-state index in [1.807, 2.05) is 67.9 Å². The topological polar surface area (TPSA) is 69.0 Å². The van der Waals surface area contributed by atoms with Gasteiger partial charge in [0.15, 0.2) is 5.78 Å². The molecule has 1 unspecified atom stereocenters. The summed E-state index contributed by atoms with van der Waals surface area (Å²) in [5.74, 6) is 2.19. The Morgan fingerprint density at radius 1 is 1.19 bits per heavy atom. The number of ketones is 1. The predicted molar refractivity (Wildman–Crippen MR) is 123 cm³/mol. The molecule has 0 saturated heterocycles. The monoisotopic (exact) mass is 434 g/mol. The maximum atomic E-state index is 12.6. The molecule has 0 amide bonds. The Morgan fingerprint density at radius 2 is 1.97 bits per heavy atom. The zero-order valence-electron chi connectivity index (χ0n) is 18.1. The lowest BCUT2D eigenvalue weighted by atomic mass is 9.93. The van der Waals surface area contributed by atoms with Gasteiger partial charge in [-0.15, -0.1) is 5.10 Å². The molecular formula is C24H26N4O2S. The number of aromatic nitrogens is 3. The van der Waals surface area contributed by atoms with Gasteiger partial charge in [-0.1, -0.05) is 54.2 Å². The number of fused-ring (bicyclic) bond motifs is 1. The van der Waals surface area contributed by atoms with Crippen molar-refractivity contribution < 1.29 is 9.53 Å². The zero-order valence-corrected chi connectivity index (χ0v) is 18.9. The van der Waals surface area contributed by atoms with Crippen LogP contribution in [-0.4, -0.2) is 26.7 Å². The Bertz CT molecular complexity index is 1120. The van der Waals surface area contributed by atoms with Crippen LogP contribution in [0.1, 0.15) is 44.9 Å². The first kappa shape index (κ1) is 21.2. The zero-order chi connectivity index (χ0) is 22.0. The number of hydrogen-bond donors (Lipinski definition) is 1. The second-order valence-electron chi connectivity index (χ2n) is 7.80. The van der Waals surface area contributed by atoms with E-state index in [2.05, 4.69) is 22.4 Å². The van der Waals surface area contributed by atoms with Gasteiger partial charge < -0.3 is 10.1 Å². The van der Waals surface area contributed by atoms with Crippen molar-refractivity contribution in [1.82, 2.24) is 14.8 Å². The van der Waals surface area contributed by atoms with Gasteiger partial charge in [0.2, 0.25) is 11.1 Å². The highest BCUT2D eigenvalue weighted by atomic mass is 32.2. The van der Waals surface area contributed by atoms with E-state index in [0.717, 1.165) is 22.8 Å². The molecule has 4 rings (SSSR count). The number of thioether (sulfide) groups is 1. The average Bonchev–Trinajstić information content (AvgIpc) is 3.14. The highest BCUT2D eigenvalue weighted by Crippen LogP contribution is 2.37. The second kappa shape index (κ2) is 8.98. The van der Waals surface area contributed by atoms with E-state index in [1.165, 1.54) is 5.56 Å². The average molecular weight is 435 g/mol. The molecule has 160 valence electrons. The standard InChI is InChI=1S/C24H26N4O2S/c1-15(2)30-20-12-8-11-19(13-20)22-21(17(4)29)16(3)25-23-26-24(27-28(22)23)31-14-18-9-6-5-7-10-18/h5-13,15,22H,14H2,1-4H3,(H,25,26,27). The van der Waals surface area contributed by atoms with Gasteiger partial charge in [-0.2, -0.15) is 4.98 Å². The first-order valence-corrected chi connectivity index (χ1v) is 11.3. The molecule has 0 fully saturated rings. The largest absolute Gasteiger partial charge is 0.491 e. The summed E-state index contributed by atoms with van der Waals surface area (Å²) in [5, 5.41) is 8.69. The number of nitrogens with zero attached hydrogens (tertiary/aromatic N) is 3. The molecule has 0 aliphatic carbocycles. The van der Waals surface area contributed by atoms with Gasteiger partial charge >= 0.3 is 0 Å². The van der Waals surface area contributed by atoms with Crippen LogP contribution in [-0.2, 0) is 10.5 Å². The number of anilines is 1. The maximum Gasteiger partial charge on any atom is 0.227 e. The van der Waals surface area contributed by atoms with Crippen molar-refractivity contribution in [3.8, 4) is 5.75 Å². The third-order valence-corrected chi connectivity index (χ3v) is 5.88. The number of carbonyl (C=O) groups is 1. The molecule has 0 spiro atoms. The normalized spacial score (nSPS) is 15.6. The van der Waals surface area contributed by atoms with Crippen molar-refractivity contribution >= 4 is 23.5 Å². The van der Waals surface area contributed by atoms with Crippen LogP contribution < -0.4 is 10.1 Å². The SMILES string of the molecule is CC(=O)C1=C(C)Nc2nc(SCc3ccccc3)nn2C1c1cccc(OC(C)C)c1. The molecule has 6 nitrogen and oxygen atoms in total. The minimum Gasteiger partial charge on any atom is -0.491 e. The third-order valence-electron chi connectivity index (χ3n) is 4.97. The quantitative estimate of drug-likeness (QED) is 0.513. The maximum absolute atomic E-state index is 12.6. The molecule has 2 aromatic carbocycles. The van der Waals surface area contributed by atoms with Crippen molar-refractivity contribution in [2.75, 3.05) is 5.32 Å². The summed E-state index contributed by atoms with van der Waals surface area (Å²) in [5.41, 5.74) is 3.63. The van der Waals surface area contributed by atoms with Crippen molar-refractivity contribution in [1.29, 1.82) is 0 Å². The van der Waals surface area contributed by atoms with Crippen LogP contribution in [0.3, 0.4) is 0 Å². The highest BCUT2D eigenvalue weighted by molar-refractivity contribution is 7.98. The van der Waals surface area contributed by atoms with Crippen LogP contribution >= 0.6 is 11.8 Å². The number of Topliss-reactive ketones (excluding diaryl/α,β-unsaturated/α-hetero) is 1. The number of allylic oxidation sites excluding steroid dienone is 2. The minimum atomic E-state index is -0.358. The van der Waals surface area contributed by atoms with Gasteiger partial charge in [-0.25, -0.2) is 4.68 Å².